The largest absolute Gasteiger partial charge is 0.496 e. The van der Waals surface area contributed by atoms with Gasteiger partial charge in [0.15, 0.2) is 23.2 Å². The van der Waals surface area contributed by atoms with E-state index in [1.165, 1.54) is 33.5 Å². The molecule has 1 aromatic carbocycles. The van der Waals surface area contributed by atoms with E-state index in [-0.39, 0.29) is 11.3 Å². The number of carbonyl (C=O) groups is 1. The van der Waals surface area contributed by atoms with Gasteiger partial charge in [-0.15, -0.1) is 0 Å². The molecule has 1 rings (SSSR count). The lowest BCUT2D eigenvalue weighted by Crippen LogP contribution is -2.12. The molecule has 0 fully saturated rings. The molecule has 0 saturated heterocycles. The molecule has 98 valence electrons. The molecule has 1 aromatic rings. The number of methoxy groups -OCH3 is 3. The van der Waals surface area contributed by atoms with Crippen molar-refractivity contribution in [2.24, 2.45) is 5.92 Å². The zero-order valence-corrected chi connectivity index (χ0v) is 10.8. The summed E-state index contributed by atoms with van der Waals surface area (Å²) in [6.07, 6.45) is 0. The maximum absolute atomic E-state index is 12.0. The number of benzene rings is 1. The van der Waals surface area contributed by atoms with Crippen molar-refractivity contribution < 1.29 is 19.0 Å². The van der Waals surface area contributed by atoms with Gasteiger partial charge in [0.05, 0.1) is 39.0 Å². The predicted molar refractivity (Wildman–Crippen MR) is 65.1 cm³/mol. The Morgan fingerprint density at radius 2 is 1.47 bits per heavy atom. The van der Waals surface area contributed by atoms with Crippen LogP contribution in [0.5, 0.6) is 17.2 Å². The van der Waals surface area contributed by atoms with Crippen LogP contribution in [0.25, 0.3) is 0 Å². The Morgan fingerprint density at radius 1 is 1.00 bits per heavy atom. The fraction of sp³-hybridized carbons (Fsp3) is 0.308. The van der Waals surface area contributed by atoms with Gasteiger partial charge in [-0.1, -0.05) is 0 Å². The molecule has 0 amide bonds. The Kier molecular flexibility index (Phi) is 4.73. The van der Waals surface area contributed by atoms with Crippen LogP contribution in [0.2, 0.25) is 0 Å². The lowest BCUT2D eigenvalue weighted by atomic mass is 9.99. The van der Waals surface area contributed by atoms with E-state index < -0.39 is 11.7 Å². The minimum Gasteiger partial charge on any atom is -0.496 e. The lowest BCUT2D eigenvalue weighted by Gasteiger charge is -2.13. The van der Waals surface area contributed by atoms with Gasteiger partial charge in [0.2, 0.25) is 0 Å². The Hall–Kier alpha value is -2.73. The molecule has 0 aliphatic rings. The van der Waals surface area contributed by atoms with E-state index in [1.807, 2.05) is 0 Å². The molecule has 0 aliphatic heterocycles. The molecule has 0 unspecified atom stereocenters. The van der Waals surface area contributed by atoms with Crippen LogP contribution in [0.15, 0.2) is 12.1 Å². The molecule has 0 heterocycles. The second-order valence-corrected chi connectivity index (χ2v) is 3.46. The van der Waals surface area contributed by atoms with E-state index in [9.17, 15) is 4.79 Å². The van der Waals surface area contributed by atoms with E-state index in [0.717, 1.165) is 0 Å². The molecule has 0 aliphatic carbocycles. The number of hydrogen-bond acceptors (Lipinski definition) is 6. The first kappa shape index (κ1) is 14.3. The van der Waals surface area contributed by atoms with E-state index in [0.29, 0.717) is 11.5 Å². The van der Waals surface area contributed by atoms with Gasteiger partial charge in [0.1, 0.15) is 5.75 Å². The Labute approximate surface area is 110 Å². The molecule has 0 atom stereocenters. The molecule has 19 heavy (non-hydrogen) atoms. The van der Waals surface area contributed by atoms with Crippen molar-refractivity contribution in [3.05, 3.63) is 17.7 Å². The van der Waals surface area contributed by atoms with Crippen molar-refractivity contribution in [3.63, 3.8) is 0 Å². The van der Waals surface area contributed by atoms with Crippen LogP contribution < -0.4 is 14.2 Å². The number of hydrogen-bond donors (Lipinski definition) is 0. The average molecular weight is 260 g/mol. The first-order valence-corrected chi connectivity index (χ1v) is 5.26. The summed E-state index contributed by atoms with van der Waals surface area (Å²) < 4.78 is 15.2. The second kappa shape index (κ2) is 6.27. The van der Waals surface area contributed by atoms with Crippen LogP contribution in [-0.4, -0.2) is 27.1 Å². The topological polar surface area (TPSA) is 92.3 Å². The quantitative estimate of drug-likeness (QED) is 0.746. The average Bonchev–Trinajstić information content (AvgIpc) is 2.46. The number of nitriles is 2. The summed E-state index contributed by atoms with van der Waals surface area (Å²) in [7, 11) is 4.25. The molecule has 0 spiro atoms. The SMILES string of the molecule is COc1cc(OC)c(C(=O)C(C#N)C#N)cc1OC. The summed E-state index contributed by atoms with van der Waals surface area (Å²) in [5.74, 6) is -1.09. The summed E-state index contributed by atoms with van der Waals surface area (Å²) in [5.41, 5.74) is 0.105. The van der Waals surface area contributed by atoms with Gasteiger partial charge in [-0.05, 0) is 6.07 Å². The van der Waals surface area contributed by atoms with Gasteiger partial charge >= 0.3 is 0 Å². The fourth-order valence-corrected chi connectivity index (χ4v) is 1.52. The lowest BCUT2D eigenvalue weighted by molar-refractivity contribution is 0.0967. The highest BCUT2D eigenvalue weighted by molar-refractivity contribution is 6.03. The highest BCUT2D eigenvalue weighted by Gasteiger charge is 2.24. The number of ketones is 1. The smallest absolute Gasteiger partial charge is 0.198 e. The standard InChI is InChI=1S/C13H12N2O4/c1-17-10-5-12(19-3)11(18-2)4-9(10)13(16)8(6-14)7-15/h4-5,8H,1-3H3. The molecular weight excluding hydrogens is 248 g/mol. The normalized spacial score (nSPS) is 9.37. The second-order valence-electron chi connectivity index (χ2n) is 3.46. The van der Waals surface area contributed by atoms with Crippen LogP contribution in [0.4, 0.5) is 0 Å². The number of ether oxygens (including phenoxy) is 3. The highest BCUT2D eigenvalue weighted by Crippen LogP contribution is 2.35. The van der Waals surface area contributed by atoms with Crippen molar-refractivity contribution in [1.29, 1.82) is 10.5 Å². The zero-order valence-electron chi connectivity index (χ0n) is 10.8. The summed E-state index contributed by atoms with van der Waals surface area (Å²) in [4.78, 5) is 12.0. The summed E-state index contributed by atoms with van der Waals surface area (Å²) in [6.45, 7) is 0. The van der Waals surface area contributed by atoms with Gasteiger partial charge in [0.25, 0.3) is 0 Å². The number of carbonyl (C=O) groups excluding carboxylic acids is 1. The van der Waals surface area contributed by atoms with Gasteiger partial charge in [-0.3, -0.25) is 4.79 Å². The number of Topliss-reactive ketones (excluding diaryl/α,β-unsaturated/α-hetero) is 1. The van der Waals surface area contributed by atoms with Crippen LogP contribution in [-0.2, 0) is 0 Å². The number of rotatable bonds is 5. The molecular formula is C13H12N2O4. The maximum Gasteiger partial charge on any atom is 0.198 e. The van der Waals surface area contributed by atoms with E-state index >= 15 is 0 Å². The van der Waals surface area contributed by atoms with E-state index in [4.69, 9.17) is 24.7 Å². The zero-order chi connectivity index (χ0) is 14.4. The molecule has 0 radical (unpaired) electrons. The molecule has 6 heteroatoms. The van der Waals surface area contributed by atoms with Crippen molar-refractivity contribution >= 4 is 5.78 Å². The maximum atomic E-state index is 12.0. The minimum atomic E-state index is -1.38. The van der Waals surface area contributed by atoms with Crippen molar-refractivity contribution in [3.8, 4) is 29.4 Å². The van der Waals surface area contributed by atoms with Gasteiger partial charge < -0.3 is 14.2 Å². The van der Waals surface area contributed by atoms with E-state index in [2.05, 4.69) is 0 Å². The first-order chi connectivity index (χ1) is 9.12. The Balaban J connectivity index is 3.39. The van der Waals surface area contributed by atoms with Crippen molar-refractivity contribution in [1.82, 2.24) is 0 Å². The third-order valence-corrected chi connectivity index (χ3v) is 2.49. The van der Waals surface area contributed by atoms with E-state index in [1.54, 1.807) is 12.1 Å². The van der Waals surface area contributed by atoms with Crippen LogP contribution in [0.3, 0.4) is 0 Å². The van der Waals surface area contributed by atoms with Crippen LogP contribution >= 0.6 is 0 Å². The third kappa shape index (κ3) is 2.75. The highest BCUT2D eigenvalue weighted by atomic mass is 16.5. The molecule has 0 saturated carbocycles. The molecule has 6 nitrogen and oxygen atoms in total. The van der Waals surface area contributed by atoms with Crippen molar-refractivity contribution in [2.75, 3.05) is 21.3 Å². The van der Waals surface area contributed by atoms with Crippen LogP contribution in [0, 0.1) is 28.6 Å². The molecule has 0 bridgehead atoms. The predicted octanol–water partition coefficient (Wildman–Crippen LogP) is 1.56. The molecule has 0 aromatic heterocycles. The fourth-order valence-electron chi connectivity index (χ4n) is 1.52. The monoisotopic (exact) mass is 260 g/mol. The minimum absolute atomic E-state index is 0.105. The molecule has 0 N–H and O–H groups in total. The third-order valence-electron chi connectivity index (χ3n) is 2.49. The Morgan fingerprint density at radius 3 is 1.89 bits per heavy atom. The van der Waals surface area contributed by atoms with Gasteiger partial charge in [0, 0.05) is 6.07 Å². The Bertz CT molecular complexity index is 555. The summed E-state index contributed by atoms with van der Waals surface area (Å²) >= 11 is 0. The van der Waals surface area contributed by atoms with Gasteiger partial charge in [-0.2, -0.15) is 10.5 Å². The number of nitrogens with zero attached hydrogens (tertiary/aromatic N) is 2. The first-order valence-electron chi connectivity index (χ1n) is 5.26. The van der Waals surface area contributed by atoms with Crippen molar-refractivity contribution in [2.45, 2.75) is 0 Å². The summed E-state index contributed by atoms with van der Waals surface area (Å²) in [6, 6.07) is 6.12. The van der Waals surface area contributed by atoms with Gasteiger partial charge in [-0.25, -0.2) is 0 Å². The summed E-state index contributed by atoms with van der Waals surface area (Å²) in [5, 5.41) is 17.5. The van der Waals surface area contributed by atoms with Crippen LogP contribution in [0.1, 0.15) is 10.4 Å².